The number of nitrogens with one attached hydrogen (secondary N) is 2. The van der Waals surface area contributed by atoms with Gasteiger partial charge in [-0.2, -0.15) is 10.1 Å². The molecule has 9 nitrogen and oxygen atoms in total. The summed E-state index contributed by atoms with van der Waals surface area (Å²) >= 11 is 0. The Hall–Kier alpha value is -4.01. The average Bonchev–Trinajstić information content (AvgIpc) is 3.24. The SMILES string of the molecule is CCOc1cc(C2C(C(=O)Nc3ccccc3OCC)=C(C)Nc3ncnn32)ccc1O. The highest BCUT2D eigenvalue weighted by Crippen LogP contribution is 2.39. The molecule has 1 amide bonds. The Morgan fingerprint density at radius 2 is 1.91 bits per heavy atom. The number of carbonyl (C=O) groups is 1. The third-order valence-corrected chi connectivity index (χ3v) is 5.07. The number of carbonyl (C=O) groups excluding carboxylic acids is 1. The molecule has 3 aromatic rings. The molecule has 4 rings (SSSR count). The minimum Gasteiger partial charge on any atom is -0.504 e. The van der Waals surface area contributed by atoms with Gasteiger partial charge in [0.1, 0.15) is 18.1 Å². The van der Waals surface area contributed by atoms with E-state index in [0.717, 1.165) is 5.56 Å². The van der Waals surface area contributed by atoms with Crippen molar-refractivity contribution >= 4 is 17.5 Å². The predicted octanol–water partition coefficient (Wildman–Crippen LogP) is 3.71. The molecule has 0 radical (unpaired) electrons. The molecular weight excluding hydrogens is 410 g/mol. The summed E-state index contributed by atoms with van der Waals surface area (Å²) in [5.74, 6) is 1.17. The van der Waals surface area contributed by atoms with E-state index < -0.39 is 6.04 Å². The highest BCUT2D eigenvalue weighted by Gasteiger charge is 2.34. The van der Waals surface area contributed by atoms with Crippen LogP contribution in [-0.2, 0) is 4.79 Å². The second kappa shape index (κ2) is 9.01. The van der Waals surface area contributed by atoms with Crippen LogP contribution in [0.15, 0.2) is 60.1 Å². The van der Waals surface area contributed by atoms with Gasteiger partial charge in [-0.1, -0.05) is 18.2 Å². The summed E-state index contributed by atoms with van der Waals surface area (Å²) in [7, 11) is 0. The van der Waals surface area contributed by atoms with Crippen molar-refractivity contribution in [3.63, 3.8) is 0 Å². The van der Waals surface area contributed by atoms with Gasteiger partial charge >= 0.3 is 0 Å². The number of benzene rings is 2. The summed E-state index contributed by atoms with van der Waals surface area (Å²) in [6, 6.07) is 11.7. The third-order valence-electron chi connectivity index (χ3n) is 5.07. The molecule has 0 bridgehead atoms. The van der Waals surface area contributed by atoms with E-state index in [0.29, 0.717) is 47.6 Å². The summed E-state index contributed by atoms with van der Waals surface area (Å²) in [6.45, 7) is 6.42. The van der Waals surface area contributed by atoms with E-state index in [2.05, 4.69) is 20.7 Å². The number of aromatic hydroxyl groups is 1. The normalized spacial score (nSPS) is 15.0. The smallest absolute Gasteiger partial charge is 0.255 e. The van der Waals surface area contributed by atoms with Crippen molar-refractivity contribution in [2.75, 3.05) is 23.8 Å². The molecule has 166 valence electrons. The number of hydrogen-bond acceptors (Lipinski definition) is 7. The lowest BCUT2D eigenvalue weighted by Gasteiger charge is -2.29. The number of allylic oxidation sites excluding steroid dienone is 1. The van der Waals surface area contributed by atoms with Gasteiger partial charge in [0.15, 0.2) is 11.5 Å². The van der Waals surface area contributed by atoms with E-state index in [4.69, 9.17) is 9.47 Å². The molecule has 0 saturated heterocycles. The van der Waals surface area contributed by atoms with Crippen LogP contribution in [0.3, 0.4) is 0 Å². The molecule has 2 aromatic carbocycles. The minimum atomic E-state index is -0.576. The lowest BCUT2D eigenvalue weighted by Crippen LogP contribution is -2.31. The third kappa shape index (κ3) is 3.96. The number of ether oxygens (including phenoxy) is 2. The Balaban J connectivity index is 1.76. The van der Waals surface area contributed by atoms with E-state index in [1.807, 2.05) is 32.9 Å². The molecule has 0 spiro atoms. The maximum atomic E-state index is 13.5. The Labute approximate surface area is 185 Å². The van der Waals surface area contributed by atoms with Gasteiger partial charge in [-0.3, -0.25) is 4.79 Å². The number of anilines is 2. The quantitative estimate of drug-likeness (QED) is 0.519. The van der Waals surface area contributed by atoms with Gasteiger partial charge < -0.3 is 25.2 Å². The van der Waals surface area contributed by atoms with Gasteiger partial charge in [-0.05, 0) is 50.6 Å². The van der Waals surface area contributed by atoms with Crippen LogP contribution in [0.2, 0.25) is 0 Å². The van der Waals surface area contributed by atoms with Crippen molar-refractivity contribution in [1.29, 1.82) is 0 Å². The minimum absolute atomic E-state index is 0.0284. The Bertz CT molecular complexity index is 1170. The first-order valence-electron chi connectivity index (χ1n) is 10.4. The summed E-state index contributed by atoms with van der Waals surface area (Å²) in [5.41, 5.74) is 2.40. The number of amides is 1. The van der Waals surface area contributed by atoms with E-state index in [1.54, 1.807) is 35.0 Å². The van der Waals surface area contributed by atoms with Crippen molar-refractivity contribution in [2.24, 2.45) is 0 Å². The lowest BCUT2D eigenvalue weighted by atomic mass is 9.94. The Morgan fingerprint density at radius 3 is 2.69 bits per heavy atom. The fourth-order valence-corrected chi connectivity index (χ4v) is 3.71. The molecule has 0 fully saturated rings. The van der Waals surface area contributed by atoms with Gasteiger partial charge in [0.2, 0.25) is 5.95 Å². The summed E-state index contributed by atoms with van der Waals surface area (Å²) in [4.78, 5) is 17.8. The fourth-order valence-electron chi connectivity index (χ4n) is 3.71. The molecule has 0 saturated carbocycles. The zero-order valence-corrected chi connectivity index (χ0v) is 18.1. The number of para-hydroxylation sites is 2. The Morgan fingerprint density at radius 1 is 1.16 bits per heavy atom. The van der Waals surface area contributed by atoms with Crippen molar-refractivity contribution in [3.8, 4) is 17.2 Å². The fraction of sp³-hybridized carbons (Fsp3) is 0.261. The number of nitrogens with zero attached hydrogens (tertiary/aromatic N) is 3. The van der Waals surface area contributed by atoms with E-state index in [9.17, 15) is 9.90 Å². The van der Waals surface area contributed by atoms with Crippen LogP contribution in [-0.4, -0.2) is 39.0 Å². The van der Waals surface area contributed by atoms with Gasteiger partial charge in [0.05, 0.1) is 24.5 Å². The molecule has 1 atom stereocenters. The highest BCUT2D eigenvalue weighted by molar-refractivity contribution is 6.06. The average molecular weight is 435 g/mol. The molecule has 1 aliphatic heterocycles. The van der Waals surface area contributed by atoms with E-state index in [1.165, 1.54) is 6.33 Å². The number of hydrogen-bond donors (Lipinski definition) is 3. The molecule has 0 aliphatic carbocycles. The van der Waals surface area contributed by atoms with Gasteiger partial charge in [-0.15, -0.1) is 0 Å². The van der Waals surface area contributed by atoms with Crippen molar-refractivity contribution < 1.29 is 19.4 Å². The maximum absolute atomic E-state index is 13.5. The summed E-state index contributed by atoms with van der Waals surface area (Å²) < 4.78 is 12.8. The first-order chi connectivity index (χ1) is 15.5. The van der Waals surface area contributed by atoms with Crippen molar-refractivity contribution in [3.05, 3.63) is 65.6 Å². The second-order valence-electron chi connectivity index (χ2n) is 7.14. The first-order valence-corrected chi connectivity index (χ1v) is 10.4. The van der Waals surface area contributed by atoms with Crippen LogP contribution in [0.25, 0.3) is 0 Å². The van der Waals surface area contributed by atoms with Crippen LogP contribution in [0.1, 0.15) is 32.4 Å². The highest BCUT2D eigenvalue weighted by atomic mass is 16.5. The number of rotatable bonds is 7. The molecule has 1 aromatic heterocycles. The van der Waals surface area contributed by atoms with Crippen LogP contribution in [0, 0.1) is 0 Å². The van der Waals surface area contributed by atoms with Crippen molar-refractivity contribution in [2.45, 2.75) is 26.8 Å². The number of phenols is 1. The van der Waals surface area contributed by atoms with Gasteiger partial charge in [-0.25, -0.2) is 4.68 Å². The molecule has 1 aliphatic rings. The van der Waals surface area contributed by atoms with E-state index >= 15 is 0 Å². The lowest BCUT2D eigenvalue weighted by molar-refractivity contribution is -0.113. The second-order valence-corrected chi connectivity index (χ2v) is 7.14. The number of aromatic nitrogens is 3. The van der Waals surface area contributed by atoms with E-state index in [-0.39, 0.29) is 11.7 Å². The topological polar surface area (TPSA) is 111 Å². The molecule has 32 heavy (non-hydrogen) atoms. The van der Waals surface area contributed by atoms with Gasteiger partial charge in [0, 0.05) is 5.70 Å². The van der Waals surface area contributed by atoms with Crippen LogP contribution < -0.4 is 20.1 Å². The number of fused-ring (bicyclic) bond motifs is 1. The number of phenolic OH excluding ortho intramolecular Hbond substituents is 1. The van der Waals surface area contributed by atoms with Crippen LogP contribution in [0.4, 0.5) is 11.6 Å². The molecule has 3 N–H and O–H groups in total. The zero-order valence-electron chi connectivity index (χ0n) is 18.1. The predicted molar refractivity (Wildman–Crippen MR) is 120 cm³/mol. The molecular formula is C23H25N5O4. The standard InChI is InChI=1S/C23H25N5O4/c1-4-31-18-9-7-6-8-16(18)27-22(30)20-14(3)26-23-24-13-25-28(23)21(20)15-10-11-17(29)19(12-15)32-5-2/h6-13,21,29H,4-5H2,1-3H3,(H,27,30)(H,24,25,26). The largest absolute Gasteiger partial charge is 0.504 e. The molecule has 9 heteroatoms. The van der Waals surface area contributed by atoms with Gasteiger partial charge in [0.25, 0.3) is 5.91 Å². The monoisotopic (exact) mass is 435 g/mol. The molecule has 2 heterocycles. The summed E-state index contributed by atoms with van der Waals surface area (Å²) in [6.07, 6.45) is 1.43. The van der Waals surface area contributed by atoms with Crippen LogP contribution in [0.5, 0.6) is 17.2 Å². The van der Waals surface area contributed by atoms with Crippen LogP contribution >= 0.6 is 0 Å². The first kappa shape index (κ1) is 21.2. The maximum Gasteiger partial charge on any atom is 0.255 e. The Kier molecular flexibility index (Phi) is 5.98. The van der Waals surface area contributed by atoms with Crippen molar-refractivity contribution in [1.82, 2.24) is 14.8 Å². The molecule has 1 unspecified atom stereocenters. The zero-order chi connectivity index (χ0) is 22.7. The summed E-state index contributed by atoms with van der Waals surface area (Å²) in [5, 5.41) is 20.6.